The Labute approximate surface area is 321 Å². The maximum Gasteiger partial charge on any atom is 0.252 e. The number of aryl methyl sites for hydroxylation is 8. The molecule has 2 aliphatic heterocycles. The van der Waals surface area contributed by atoms with Crippen LogP contribution in [0.15, 0.2) is 133 Å². The van der Waals surface area contributed by atoms with Gasteiger partial charge >= 0.3 is 0 Å². The standard InChI is InChI=1S/C50H46BN3/c1-31-11-9-13-39(25-31)52-46-27-35(5)15-19-42(46)51-43-20-16-36(6)28-47(43)53(40-14-10-12-32(2)26-40)49-30-41(29-48(52)50(49)51)54(44-21-17-33(3)23-37(44)7)45-22-18-34(4)24-38(45)8/h9-30H,1-8H3. The zero-order chi connectivity index (χ0) is 37.4. The van der Waals surface area contributed by atoms with Crippen molar-refractivity contribution in [1.82, 2.24) is 0 Å². The first-order chi connectivity index (χ1) is 26.0. The van der Waals surface area contributed by atoms with Crippen molar-refractivity contribution in [2.45, 2.75) is 55.4 Å². The summed E-state index contributed by atoms with van der Waals surface area (Å²) < 4.78 is 0. The van der Waals surface area contributed by atoms with Gasteiger partial charge in [-0.2, -0.15) is 0 Å². The zero-order valence-corrected chi connectivity index (χ0v) is 32.6. The predicted octanol–water partition coefficient (Wildman–Crippen LogP) is 11.7. The monoisotopic (exact) mass is 699 g/mol. The first kappa shape index (κ1) is 33.8. The topological polar surface area (TPSA) is 9.72 Å². The summed E-state index contributed by atoms with van der Waals surface area (Å²) in [6, 6.07) is 50.7. The Balaban J connectivity index is 1.44. The molecule has 9 rings (SSSR count). The number of hydrogen-bond acceptors (Lipinski definition) is 3. The van der Waals surface area contributed by atoms with Gasteiger partial charge in [-0.3, -0.25) is 0 Å². The molecule has 0 bridgehead atoms. The lowest BCUT2D eigenvalue weighted by Crippen LogP contribution is -2.61. The molecule has 0 saturated carbocycles. The van der Waals surface area contributed by atoms with Crippen LogP contribution in [0.2, 0.25) is 0 Å². The third-order valence-corrected chi connectivity index (χ3v) is 11.3. The molecule has 7 aromatic carbocycles. The highest BCUT2D eigenvalue weighted by Crippen LogP contribution is 2.49. The number of nitrogens with zero attached hydrogens (tertiary/aromatic N) is 3. The molecule has 3 nitrogen and oxygen atoms in total. The molecule has 0 aliphatic carbocycles. The van der Waals surface area contributed by atoms with E-state index in [2.05, 4.69) is 204 Å². The summed E-state index contributed by atoms with van der Waals surface area (Å²) >= 11 is 0. The normalized spacial score (nSPS) is 12.7. The fraction of sp³-hybridized carbons (Fsp3) is 0.160. The van der Waals surface area contributed by atoms with Gasteiger partial charge in [0, 0.05) is 45.5 Å². The fourth-order valence-corrected chi connectivity index (χ4v) is 8.94. The minimum atomic E-state index is 0.0630. The van der Waals surface area contributed by atoms with Gasteiger partial charge in [0.2, 0.25) is 0 Å². The lowest BCUT2D eigenvalue weighted by Gasteiger charge is -2.45. The van der Waals surface area contributed by atoms with E-state index in [9.17, 15) is 0 Å². The molecule has 0 aromatic heterocycles. The zero-order valence-electron chi connectivity index (χ0n) is 32.6. The Morgan fingerprint density at radius 3 is 1.22 bits per heavy atom. The van der Waals surface area contributed by atoms with Crippen molar-refractivity contribution in [2.24, 2.45) is 0 Å². The van der Waals surface area contributed by atoms with E-state index in [0.29, 0.717) is 0 Å². The molecule has 4 heteroatoms. The molecule has 0 amide bonds. The summed E-state index contributed by atoms with van der Waals surface area (Å²) in [4.78, 5) is 7.56. The first-order valence-corrected chi connectivity index (χ1v) is 19.1. The van der Waals surface area contributed by atoms with Crippen molar-refractivity contribution in [2.75, 3.05) is 14.7 Å². The summed E-state index contributed by atoms with van der Waals surface area (Å²) in [7, 11) is 0. The van der Waals surface area contributed by atoms with Crippen molar-refractivity contribution in [3.8, 4) is 0 Å². The molecule has 2 heterocycles. The number of hydrogen-bond donors (Lipinski definition) is 0. The van der Waals surface area contributed by atoms with Gasteiger partial charge in [-0.05, 0) is 166 Å². The second kappa shape index (κ2) is 12.8. The molecular formula is C50H46BN3. The van der Waals surface area contributed by atoms with E-state index in [1.807, 2.05) is 0 Å². The maximum absolute atomic E-state index is 2.53. The van der Waals surface area contributed by atoms with Gasteiger partial charge in [0.25, 0.3) is 6.71 Å². The molecule has 0 fully saturated rings. The molecule has 0 N–H and O–H groups in total. The van der Waals surface area contributed by atoms with Crippen molar-refractivity contribution >= 4 is 74.3 Å². The molecule has 2 aliphatic rings. The minimum absolute atomic E-state index is 0.0630. The summed E-state index contributed by atoms with van der Waals surface area (Å²) in [5.41, 5.74) is 24.7. The Kier molecular flexibility index (Phi) is 8.04. The van der Waals surface area contributed by atoms with E-state index in [1.165, 1.54) is 106 Å². The quantitative estimate of drug-likeness (QED) is 0.166. The van der Waals surface area contributed by atoms with Crippen molar-refractivity contribution in [1.29, 1.82) is 0 Å². The van der Waals surface area contributed by atoms with Crippen LogP contribution in [-0.4, -0.2) is 6.71 Å². The van der Waals surface area contributed by atoms with Gasteiger partial charge in [0.15, 0.2) is 0 Å². The van der Waals surface area contributed by atoms with Crippen LogP contribution >= 0.6 is 0 Å². The third kappa shape index (κ3) is 5.51. The molecule has 0 spiro atoms. The Bertz CT molecular complexity index is 2460. The lowest BCUT2D eigenvalue weighted by atomic mass is 9.33. The van der Waals surface area contributed by atoms with Crippen molar-refractivity contribution in [3.05, 3.63) is 178 Å². The molecule has 0 saturated heterocycles. The molecule has 0 unspecified atom stereocenters. The summed E-state index contributed by atoms with van der Waals surface area (Å²) in [5.74, 6) is 0. The molecule has 7 aromatic rings. The van der Waals surface area contributed by atoms with E-state index < -0.39 is 0 Å². The Morgan fingerprint density at radius 2 is 0.796 bits per heavy atom. The fourth-order valence-electron chi connectivity index (χ4n) is 8.94. The van der Waals surface area contributed by atoms with E-state index in [4.69, 9.17) is 0 Å². The largest absolute Gasteiger partial charge is 0.311 e. The molecule has 264 valence electrons. The van der Waals surface area contributed by atoms with Crippen LogP contribution in [0, 0.1) is 55.4 Å². The van der Waals surface area contributed by atoms with Crippen LogP contribution in [0.5, 0.6) is 0 Å². The number of anilines is 9. The van der Waals surface area contributed by atoms with Gasteiger partial charge in [-0.15, -0.1) is 0 Å². The van der Waals surface area contributed by atoms with Gasteiger partial charge in [0.1, 0.15) is 0 Å². The first-order valence-electron chi connectivity index (χ1n) is 19.1. The van der Waals surface area contributed by atoms with E-state index in [-0.39, 0.29) is 6.71 Å². The summed E-state index contributed by atoms with van der Waals surface area (Å²) in [6.07, 6.45) is 0. The van der Waals surface area contributed by atoms with E-state index in [0.717, 1.165) is 5.69 Å². The van der Waals surface area contributed by atoms with E-state index >= 15 is 0 Å². The van der Waals surface area contributed by atoms with E-state index in [1.54, 1.807) is 0 Å². The van der Waals surface area contributed by atoms with Gasteiger partial charge < -0.3 is 14.7 Å². The molecule has 54 heavy (non-hydrogen) atoms. The second-order valence-corrected chi connectivity index (χ2v) is 15.7. The Hall–Kier alpha value is -6.00. The minimum Gasteiger partial charge on any atom is -0.311 e. The third-order valence-electron chi connectivity index (χ3n) is 11.3. The predicted molar refractivity (Wildman–Crippen MR) is 233 cm³/mol. The van der Waals surface area contributed by atoms with Crippen LogP contribution in [0.25, 0.3) is 0 Å². The van der Waals surface area contributed by atoms with Gasteiger partial charge in [-0.25, -0.2) is 0 Å². The highest BCUT2D eigenvalue weighted by Gasteiger charge is 2.44. The number of fused-ring (bicyclic) bond motifs is 4. The smallest absolute Gasteiger partial charge is 0.252 e. The Morgan fingerprint density at radius 1 is 0.389 bits per heavy atom. The number of benzene rings is 7. The summed E-state index contributed by atoms with van der Waals surface area (Å²) in [6.45, 7) is 17.7. The maximum atomic E-state index is 2.53. The molecular weight excluding hydrogens is 653 g/mol. The van der Waals surface area contributed by atoms with Crippen LogP contribution in [0.1, 0.15) is 44.5 Å². The number of rotatable bonds is 5. The highest BCUT2D eigenvalue weighted by molar-refractivity contribution is 7.00. The average Bonchev–Trinajstić information content (AvgIpc) is 3.13. The average molecular weight is 700 g/mol. The summed E-state index contributed by atoms with van der Waals surface area (Å²) in [5, 5.41) is 0. The highest BCUT2D eigenvalue weighted by atomic mass is 15.2. The van der Waals surface area contributed by atoms with Crippen molar-refractivity contribution < 1.29 is 0 Å². The van der Waals surface area contributed by atoms with Gasteiger partial charge in [0.05, 0.1) is 5.69 Å². The molecule has 0 radical (unpaired) electrons. The van der Waals surface area contributed by atoms with Crippen LogP contribution in [0.3, 0.4) is 0 Å². The lowest BCUT2D eigenvalue weighted by molar-refractivity contribution is 1.19. The van der Waals surface area contributed by atoms with Crippen molar-refractivity contribution in [3.63, 3.8) is 0 Å². The second-order valence-electron chi connectivity index (χ2n) is 15.7. The van der Waals surface area contributed by atoms with Crippen LogP contribution < -0.4 is 31.1 Å². The van der Waals surface area contributed by atoms with Crippen LogP contribution in [-0.2, 0) is 0 Å². The molecule has 0 atom stereocenters. The SMILES string of the molecule is Cc1cccc(N2c3cc(C)ccc3B3c4ccc(C)cc4N(c4cccc(C)c4)c4cc(N(c5ccc(C)cc5C)c5ccc(C)cc5C)cc2c43)c1. The van der Waals surface area contributed by atoms with Crippen LogP contribution in [0.4, 0.5) is 51.2 Å². The van der Waals surface area contributed by atoms with Gasteiger partial charge in [-0.1, -0.05) is 83.9 Å².